The normalized spacial score (nSPS) is 10.5. The van der Waals surface area contributed by atoms with Crippen LogP contribution in [0, 0.1) is 15.5 Å². The lowest BCUT2D eigenvalue weighted by atomic mass is 10.1. The van der Waals surface area contributed by atoms with Gasteiger partial charge in [-0.2, -0.15) is 0 Å². The molecule has 2 nitrogen and oxygen atoms in total. The van der Waals surface area contributed by atoms with Gasteiger partial charge in [0, 0.05) is 34.2 Å². The van der Waals surface area contributed by atoms with Gasteiger partial charge in [0.25, 0.3) is 3.90 Å². The molecule has 0 spiro atoms. The molecule has 1 aromatic heterocycles. The van der Waals surface area contributed by atoms with Gasteiger partial charge in [-0.1, -0.05) is 0 Å². The van der Waals surface area contributed by atoms with Crippen LogP contribution in [0.3, 0.4) is 0 Å². The lowest BCUT2D eigenvalue weighted by molar-refractivity contribution is 0.525. The number of nitrogens with zero attached hydrogens (tertiary/aromatic N) is 1. The average Bonchev–Trinajstić information content (AvgIpc) is 2.50. The maximum Gasteiger partial charge on any atom is 0.257 e. The van der Waals surface area contributed by atoms with E-state index in [0.717, 1.165) is 6.07 Å². The molecule has 0 unspecified atom stereocenters. The van der Waals surface area contributed by atoms with Crippen LogP contribution in [-0.2, 0) is 0 Å². The molecule has 2 aromatic rings. The predicted octanol–water partition coefficient (Wildman–Crippen LogP) is 3.22. The Kier molecular flexibility index (Phi) is 2.49. The van der Waals surface area contributed by atoms with Gasteiger partial charge >= 0.3 is 0 Å². The lowest BCUT2D eigenvalue weighted by Crippen LogP contribution is -1.84. The number of hydrogen-bond donors (Lipinski definition) is 0. The van der Waals surface area contributed by atoms with E-state index in [0.29, 0.717) is 15.2 Å². The molecule has 0 N–H and O–H groups in total. The van der Waals surface area contributed by atoms with Crippen LogP contribution in [0.2, 0.25) is 0 Å². The summed E-state index contributed by atoms with van der Waals surface area (Å²) in [6.07, 6.45) is 1.36. The molecule has 1 heterocycles. The average molecular weight is 307 g/mol. The Morgan fingerprint density at radius 1 is 1.14 bits per heavy atom. The summed E-state index contributed by atoms with van der Waals surface area (Å²) >= 11 is 1.88. The molecule has 0 fully saturated rings. The number of benzene rings is 1. The van der Waals surface area contributed by atoms with E-state index in [-0.39, 0.29) is 0 Å². The van der Waals surface area contributed by atoms with E-state index in [1.807, 2.05) is 22.6 Å². The second kappa shape index (κ2) is 3.64. The molecular weight excluding hydrogens is 303 g/mol. The van der Waals surface area contributed by atoms with E-state index in [1.54, 1.807) is 0 Å². The van der Waals surface area contributed by atoms with Crippen LogP contribution < -0.4 is 0 Å². The van der Waals surface area contributed by atoms with Gasteiger partial charge in [-0.15, -0.1) is 0 Å². The van der Waals surface area contributed by atoms with Crippen LogP contribution in [-0.4, -0.2) is 4.98 Å². The molecule has 0 aliphatic rings. The Bertz CT molecular complexity index is 449. The number of aromatic nitrogens is 1. The topological polar surface area (TPSA) is 26.0 Å². The molecule has 0 aliphatic heterocycles. The Labute approximate surface area is 92.1 Å². The van der Waals surface area contributed by atoms with Crippen molar-refractivity contribution in [2.45, 2.75) is 0 Å². The van der Waals surface area contributed by atoms with E-state index < -0.39 is 11.6 Å². The highest BCUT2D eigenvalue weighted by Gasteiger charge is 2.07. The highest BCUT2D eigenvalue weighted by Crippen LogP contribution is 2.21. The molecule has 0 bridgehead atoms. The predicted molar refractivity (Wildman–Crippen MR) is 54.6 cm³/mol. The summed E-state index contributed by atoms with van der Waals surface area (Å²) in [6.45, 7) is 0. The summed E-state index contributed by atoms with van der Waals surface area (Å²) in [4.78, 5) is 3.95. The van der Waals surface area contributed by atoms with Crippen LogP contribution in [0.4, 0.5) is 8.78 Å². The Morgan fingerprint density at radius 2 is 1.79 bits per heavy atom. The van der Waals surface area contributed by atoms with Crippen molar-refractivity contribution in [2.75, 3.05) is 0 Å². The maximum atomic E-state index is 12.8. The molecule has 2 rings (SSSR count). The zero-order chi connectivity index (χ0) is 10.1. The summed E-state index contributed by atoms with van der Waals surface area (Å²) in [7, 11) is 0. The van der Waals surface area contributed by atoms with Crippen molar-refractivity contribution in [3.8, 4) is 11.3 Å². The second-order valence-corrected chi connectivity index (χ2v) is 3.57. The minimum atomic E-state index is -0.627. The molecule has 5 heteroatoms. The second-order valence-electron chi connectivity index (χ2n) is 2.64. The summed E-state index contributed by atoms with van der Waals surface area (Å²) in [5, 5.41) is 0. The summed E-state index contributed by atoms with van der Waals surface area (Å²) < 4.78 is 31.0. The van der Waals surface area contributed by atoms with E-state index >= 15 is 0 Å². The fourth-order valence-corrected chi connectivity index (χ4v) is 1.47. The Balaban J connectivity index is 2.51. The first-order valence-electron chi connectivity index (χ1n) is 3.72. The van der Waals surface area contributed by atoms with Crippen LogP contribution in [0.5, 0.6) is 0 Å². The van der Waals surface area contributed by atoms with Gasteiger partial charge < -0.3 is 4.42 Å². The fraction of sp³-hybridized carbons (Fsp3) is 0. The molecule has 0 atom stereocenters. The standard InChI is InChI=1S/C9H4F2INO/c10-6-1-5(2-7(11)3-6)8-4-14-9(12)13-8/h1-4H. The van der Waals surface area contributed by atoms with E-state index in [4.69, 9.17) is 4.42 Å². The minimum absolute atomic E-state index is 0.370. The third-order valence-corrected chi connectivity index (χ3v) is 2.13. The van der Waals surface area contributed by atoms with Crippen LogP contribution in [0.1, 0.15) is 0 Å². The van der Waals surface area contributed by atoms with Gasteiger partial charge in [0.2, 0.25) is 0 Å². The quantitative estimate of drug-likeness (QED) is 0.756. The number of halogens is 3. The molecular formula is C9H4F2INO. The van der Waals surface area contributed by atoms with E-state index in [2.05, 4.69) is 4.98 Å². The number of oxazole rings is 1. The fourth-order valence-electron chi connectivity index (χ4n) is 1.09. The smallest absolute Gasteiger partial charge is 0.257 e. The third kappa shape index (κ3) is 1.92. The molecule has 0 radical (unpaired) electrons. The van der Waals surface area contributed by atoms with Crippen molar-refractivity contribution in [3.63, 3.8) is 0 Å². The van der Waals surface area contributed by atoms with Gasteiger partial charge in [0.05, 0.1) is 0 Å². The molecule has 1 aromatic carbocycles. The van der Waals surface area contributed by atoms with Crippen LogP contribution in [0.15, 0.2) is 28.9 Å². The van der Waals surface area contributed by atoms with Gasteiger partial charge in [-0.3, -0.25) is 0 Å². The first-order chi connectivity index (χ1) is 6.65. The molecule has 0 aliphatic carbocycles. The summed E-state index contributed by atoms with van der Waals surface area (Å²) in [5.41, 5.74) is 0.793. The van der Waals surface area contributed by atoms with Gasteiger partial charge in [-0.05, 0) is 12.1 Å². The summed E-state index contributed by atoms with van der Waals surface area (Å²) in [5.74, 6) is -1.25. The van der Waals surface area contributed by atoms with Crippen molar-refractivity contribution in [2.24, 2.45) is 0 Å². The largest absolute Gasteiger partial charge is 0.440 e. The molecule has 0 amide bonds. The van der Waals surface area contributed by atoms with Gasteiger partial charge in [0.1, 0.15) is 23.6 Å². The molecule has 72 valence electrons. The van der Waals surface area contributed by atoms with E-state index in [1.165, 1.54) is 18.4 Å². The third-order valence-electron chi connectivity index (χ3n) is 1.63. The maximum absolute atomic E-state index is 12.8. The Morgan fingerprint density at radius 3 is 2.29 bits per heavy atom. The first-order valence-corrected chi connectivity index (χ1v) is 4.80. The van der Waals surface area contributed by atoms with Gasteiger partial charge in [0.15, 0.2) is 0 Å². The minimum Gasteiger partial charge on any atom is -0.440 e. The first kappa shape index (κ1) is 9.57. The molecule has 0 saturated heterocycles. The van der Waals surface area contributed by atoms with Crippen molar-refractivity contribution < 1.29 is 13.2 Å². The molecule has 14 heavy (non-hydrogen) atoms. The highest BCUT2D eigenvalue weighted by atomic mass is 127. The van der Waals surface area contributed by atoms with Crippen LogP contribution in [0.25, 0.3) is 11.3 Å². The zero-order valence-electron chi connectivity index (χ0n) is 6.80. The van der Waals surface area contributed by atoms with E-state index in [9.17, 15) is 8.78 Å². The Hall–Kier alpha value is -0.980. The lowest BCUT2D eigenvalue weighted by Gasteiger charge is -1.96. The van der Waals surface area contributed by atoms with Crippen molar-refractivity contribution in [1.29, 1.82) is 0 Å². The van der Waals surface area contributed by atoms with Crippen molar-refractivity contribution in [3.05, 3.63) is 40.0 Å². The zero-order valence-corrected chi connectivity index (χ0v) is 8.96. The highest BCUT2D eigenvalue weighted by molar-refractivity contribution is 14.1. The van der Waals surface area contributed by atoms with Crippen molar-refractivity contribution >= 4 is 22.6 Å². The van der Waals surface area contributed by atoms with Gasteiger partial charge in [-0.25, -0.2) is 13.8 Å². The summed E-state index contributed by atoms with van der Waals surface area (Å²) in [6, 6.07) is 3.22. The van der Waals surface area contributed by atoms with Crippen LogP contribution >= 0.6 is 22.6 Å². The monoisotopic (exact) mass is 307 g/mol. The number of hydrogen-bond acceptors (Lipinski definition) is 2. The van der Waals surface area contributed by atoms with Crippen molar-refractivity contribution in [1.82, 2.24) is 4.98 Å². The SMILES string of the molecule is Fc1cc(F)cc(-c2coc(I)n2)c1. The molecule has 0 saturated carbocycles. The number of rotatable bonds is 1.